The normalized spacial score (nSPS) is 22.7. The molecule has 2 aliphatic rings. The van der Waals surface area contributed by atoms with Gasteiger partial charge in [0.05, 0.1) is 6.54 Å². The van der Waals surface area contributed by atoms with Gasteiger partial charge in [-0.2, -0.15) is 0 Å². The van der Waals surface area contributed by atoms with Crippen molar-refractivity contribution in [2.24, 2.45) is 5.92 Å². The van der Waals surface area contributed by atoms with Gasteiger partial charge in [0.1, 0.15) is 0 Å². The quantitative estimate of drug-likeness (QED) is 0.711. The molecular formula is C14H27N3O. The van der Waals surface area contributed by atoms with E-state index < -0.39 is 0 Å². The predicted molar refractivity (Wildman–Crippen MR) is 73.5 cm³/mol. The second kappa shape index (κ2) is 7.10. The minimum Gasteiger partial charge on any atom is -0.355 e. The molecule has 1 saturated carbocycles. The standard InChI is InChI=1S/C14H27N3O/c1-12(17-7-3-2-4-8-17)9-15-11-14(18)16-10-13-5-6-13/h12-13,15H,2-11H2,1H3,(H,16,18). The van der Waals surface area contributed by atoms with Gasteiger partial charge < -0.3 is 10.6 Å². The first-order valence-corrected chi connectivity index (χ1v) is 7.47. The molecule has 18 heavy (non-hydrogen) atoms. The lowest BCUT2D eigenvalue weighted by molar-refractivity contribution is -0.120. The van der Waals surface area contributed by atoms with Gasteiger partial charge in [0.15, 0.2) is 0 Å². The van der Waals surface area contributed by atoms with Crippen LogP contribution in [0.15, 0.2) is 0 Å². The van der Waals surface area contributed by atoms with Crippen LogP contribution in [0, 0.1) is 5.92 Å². The average Bonchev–Trinajstić information content (AvgIpc) is 3.21. The summed E-state index contributed by atoms with van der Waals surface area (Å²) in [6, 6.07) is 0.543. The zero-order valence-electron chi connectivity index (χ0n) is 11.6. The number of hydrogen-bond acceptors (Lipinski definition) is 3. The number of carbonyl (C=O) groups excluding carboxylic acids is 1. The van der Waals surface area contributed by atoms with Gasteiger partial charge in [0.2, 0.25) is 5.91 Å². The molecule has 2 fully saturated rings. The van der Waals surface area contributed by atoms with Crippen molar-refractivity contribution in [1.82, 2.24) is 15.5 Å². The van der Waals surface area contributed by atoms with Crippen molar-refractivity contribution < 1.29 is 4.79 Å². The number of piperidine rings is 1. The van der Waals surface area contributed by atoms with Crippen LogP contribution in [0.3, 0.4) is 0 Å². The number of hydrogen-bond donors (Lipinski definition) is 2. The molecule has 0 spiro atoms. The molecule has 0 aromatic carbocycles. The Bertz CT molecular complexity index is 260. The number of carbonyl (C=O) groups is 1. The first-order chi connectivity index (χ1) is 8.75. The average molecular weight is 253 g/mol. The van der Waals surface area contributed by atoms with Crippen LogP contribution in [0.25, 0.3) is 0 Å². The van der Waals surface area contributed by atoms with E-state index in [0.717, 1.165) is 19.0 Å². The molecule has 104 valence electrons. The molecular weight excluding hydrogens is 226 g/mol. The Morgan fingerprint density at radius 3 is 2.67 bits per heavy atom. The van der Waals surface area contributed by atoms with Crippen LogP contribution in [-0.2, 0) is 4.79 Å². The monoisotopic (exact) mass is 253 g/mol. The molecule has 1 saturated heterocycles. The maximum Gasteiger partial charge on any atom is 0.233 e. The molecule has 1 heterocycles. The maximum atomic E-state index is 11.5. The van der Waals surface area contributed by atoms with Crippen LogP contribution < -0.4 is 10.6 Å². The van der Waals surface area contributed by atoms with Crippen molar-refractivity contribution >= 4 is 5.91 Å². The highest BCUT2D eigenvalue weighted by molar-refractivity contribution is 5.77. The van der Waals surface area contributed by atoms with Crippen molar-refractivity contribution in [1.29, 1.82) is 0 Å². The second-order valence-corrected chi connectivity index (χ2v) is 5.82. The van der Waals surface area contributed by atoms with Crippen molar-refractivity contribution in [2.75, 3.05) is 32.7 Å². The molecule has 0 bridgehead atoms. The third-order valence-electron chi connectivity index (χ3n) is 4.02. The largest absolute Gasteiger partial charge is 0.355 e. The summed E-state index contributed by atoms with van der Waals surface area (Å²) in [7, 11) is 0. The molecule has 4 heteroatoms. The zero-order valence-corrected chi connectivity index (χ0v) is 11.6. The molecule has 0 radical (unpaired) electrons. The number of amides is 1. The molecule has 2 rings (SSSR count). The van der Waals surface area contributed by atoms with Gasteiger partial charge in [-0.25, -0.2) is 0 Å². The summed E-state index contributed by atoms with van der Waals surface area (Å²) < 4.78 is 0. The molecule has 1 aliphatic heterocycles. The Hall–Kier alpha value is -0.610. The minimum absolute atomic E-state index is 0.146. The summed E-state index contributed by atoms with van der Waals surface area (Å²) in [6.07, 6.45) is 6.61. The number of rotatable bonds is 7. The Balaban J connectivity index is 1.51. The fraction of sp³-hybridized carbons (Fsp3) is 0.929. The summed E-state index contributed by atoms with van der Waals surface area (Å²) in [5, 5.41) is 6.26. The lowest BCUT2D eigenvalue weighted by atomic mass is 10.1. The van der Waals surface area contributed by atoms with Crippen LogP contribution in [0.2, 0.25) is 0 Å². The van der Waals surface area contributed by atoms with E-state index in [-0.39, 0.29) is 5.91 Å². The molecule has 1 aliphatic carbocycles. The SMILES string of the molecule is CC(CNCC(=O)NCC1CC1)N1CCCCC1. The highest BCUT2D eigenvalue weighted by atomic mass is 16.1. The first kappa shape index (κ1) is 13.8. The van der Waals surface area contributed by atoms with Gasteiger partial charge in [-0.15, -0.1) is 0 Å². The topological polar surface area (TPSA) is 44.4 Å². The third kappa shape index (κ3) is 4.94. The van der Waals surface area contributed by atoms with Gasteiger partial charge in [-0.3, -0.25) is 9.69 Å². The van der Waals surface area contributed by atoms with Crippen LogP contribution in [-0.4, -0.2) is 49.6 Å². The van der Waals surface area contributed by atoms with Gasteiger partial charge >= 0.3 is 0 Å². The number of nitrogens with zero attached hydrogens (tertiary/aromatic N) is 1. The van der Waals surface area contributed by atoms with E-state index in [1.165, 1.54) is 45.2 Å². The van der Waals surface area contributed by atoms with Crippen LogP contribution in [0.5, 0.6) is 0 Å². The Morgan fingerprint density at radius 2 is 2.00 bits per heavy atom. The number of nitrogens with one attached hydrogen (secondary N) is 2. The molecule has 4 nitrogen and oxygen atoms in total. The highest BCUT2D eigenvalue weighted by Gasteiger charge is 2.21. The molecule has 1 unspecified atom stereocenters. The van der Waals surface area contributed by atoms with E-state index in [1.54, 1.807) is 0 Å². The van der Waals surface area contributed by atoms with Crippen molar-refractivity contribution in [3.8, 4) is 0 Å². The molecule has 1 atom stereocenters. The summed E-state index contributed by atoms with van der Waals surface area (Å²) in [4.78, 5) is 14.1. The van der Waals surface area contributed by atoms with E-state index >= 15 is 0 Å². The molecule has 2 N–H and O–H groups in total. The fourth-order valence-electron chi connectivity index (χ4n) is 2.53. The zero-order chi connectivity index (χ0) is 12.8. The molecule has 1 amide bonds. The van der Waals surface area contributed by atoms with Crippen LogP contribution >= 0.6 is 0 Å². The van der Waals surface area contributed by atoms with E-state index in [1.807, 2.05) is 0 Å². The second-order valence-electron chi connectivity index (χ2n) is 5.82. The van der Waals surface area contributed by atoms with Gasteiger partial charge in [0.25, 0.3) is 0 Å². The third-order valence-corrected chi connectivity index (χ3v) is 4.02. The lowest BCUT2D eigenvalue weighted by Crippen LogP contribution is -2.45. The van der Waals surface area contributed by atoms with Gasteiger partial charge in [-0.1, -0.05) is 6.42 Å². The minimum atomic E-state index is 0.146. The van der Waals surface area contributed by atoms with E-state index in [9.17, 15) is 4.79 Å². The molecule has 0 aromatic rings. The summed E-state index contributed by atoms with van der Waals surface area (Å²) in [5.74, 6) is 0.911. The van der Waals surface area contributed by atoms with E-state index in [0.29, 0.717) is 12.6 Å². The van der Waals surface area contributed by atoms with E-state index in [2.05, 4.69) is 22.5 Å². The van der Waals surface area contributed by atoms with Gasteiger partial charge in [-0.05, 0) is 51.6 Å². The summed E-state index contributed by atoms with van der Waals surface area (Å²) in [5.41, 5.74) is 0. The van der Waals surface area contributed by atoms with Crippen LogP contribution in [0.1, 0.15) is 39.0 Å². The molecule has 0 aromatic heterocycles. The Morgan fingerprint density at radius 1 is 1.28 bits per heavy atom. The first-order valence-electron chi connectivity index (χ1n) is 7.47. The van der Waals surface area contributed by atoms with Crippen molar-refractivity contribution in [3.05, 3.63) is 0 Å². The summed E-state index contributed by atoms with van der Waals surface area (Å²) >= 11 is 0. The maximum absolute atomic E-state index is 11.5. The lowest BCUT2D eigenvalue weighted by Gasteiger charge is -2.32. The van der Waals surface area contributed by atoms with Crippen molar-refractivity contribution in [3.63, 3.8) is 0 Å². The predicted octanol–water partition coefficient (Wildman–Crippen LogP) is 0.977. The smallest absolute Gasteiger partial charge is 0.233 e. The van der Waals surface area contributed by atoms with Gasteiger partial charge in [0, 0.05) is 19.1 Å². The fourth-order valence-corrected chi connectivity index (χ4v) is 2.53. The number of likely N-dealkylation sites (tertiary alicyclic amines) is 1. The Labute approximate surface area is 110 Å². The highest BCUT2D eigenvalue weighted by Crippen LogP contribution is 2.27. The van der Waals surface area contributed by atoms with E-state index in [4.69, 9.17) is 0 Å². The summed E-state index contributed by atoms with van der Waals surface area (Å²) in [6.45, 7) is 6.94. The Kier molecular flexibility index (Phi) is 5.45. The van der Waals surface area contributed by atoms with Crippen molar-refractivity contribution in [2.45, 2.75) is 45.1 Å². The van der Waals surface area contributed by atoms with Crippen LogP contribution in [0.4, 0.5) is 0 Å².